The smallest absolute Gasteiger partial charge is 0.321 e. The monoisotopic (exact) mass is 263 g/mol. The predicted octanol–water partition coefficient (Wildman–Crippen LogP) is 2.17. The van der Waals surface area contributed by atoms with E-state index in [0.717, 1.165) is 18.5 Å². The highest BCUT2D eigenvalue weighted by atomic mass is 16.5. The molecule has 1 saturated heterocycles. The summed E-state index contributed by atoms with van der Waals surface area (Å²) in [4.78, 5) is 13.5. The number of likely N-dealkylation sites (tertiary alicyclic amines) is 1. The third-order valence-corrected chi connectivity index (χ3v) is 3.90. The number of hydrogen-bond acceptors (Lipinski definition) is 3. The minimum Gasteiger partial charge on any atom is -0.480 e. The van der Waals surface area contributed by atoms with Crippen molar-refractivity contribution in [2.75, 3.05) is 20.3 Å². The lowest BCUT2D eigenvalue weighted by atomic mass is 10.0. The van der Waals surface area contributed by atoms with E-state index in [0.29, 0.717) is 6.61 Å². The number of nitrogens with zero attached hydrogens (tertiary/aromatic N) is 1. The van der Waals surface area contributed by atoms with Crippen molar-refractivity contribution in [3.8, 4) is 0 Å². The van der Waals surface area contributed by atoms with Crippen molar-refractivity contribution in [3.05, 3.63) is 35.9 Å². The van der Waals surface area contributed by atoms with Crippen LogP contribution in [0.2, 0.25) is 0 Å². The number of methoxy groups -OCH3 is 1. The van der Waals surface area contributed by atoms with Gasteiger partial charge < -0.3 is 9.84 Å². The van der Waals surface area contributed by atoms with Crippen LogP contribution in [-0.4, -0.2) is 42.3 Å². The Hall–Kier alpha value is -1.39. The van der Waals surface area contributed by atoms with E-state index in [1.165, 1.54) is 0 Å². The zero-order chi connectivity index (χ0) is 13.8. The predicted molar refractivity (Wildman–Crippen MR) is 73.0 cm³/mol. The first-order chi connectivity index (χ1) is 9.15. The van der Waals surface area contributed by atoms with E-state index in [2.05, 4.69) is 4.90 Å². The minimum atomic E-state index is -0.734. The van der Waals surface area contributed by atoms with Gasteiger partial charge in [-0.05, 0) is 17.9 Å². The van der Waals surface area contributed by atoms with Gasteiger partial charge in [-0.2, -0.15) is 0 Å². The van der Waals surface area contributed by atoms with Gasteiger partial charge in [0.05, 0.1) is 12.6 Å². The summed E-state index contributed by atoms with van der Waals surface area (Å²) in [5, 5.41) is 9.44. The third kappa shape index (κ3) is 2.96. The molecule has 1 aromatic rings. The first-order valence-electron chi connectivity index (χ1n) is 6.67. The topological polar surface area (TPSA) is 49.8 Å². The van der Waals surface area contributed by atoms with E-state index >= 15 is 0 Å². The highest BCUT2D eigenvalue weighted by Gasteiger charge is 2.40. The fourth-order valence-electron chi connectivity index (χ4n) is 2.93. The lowest BCUT2D eigenvalue weighted by Crippen LogP contribution is -2.42. The Balaban J connectivity index is 2.26. The van der Waals surface area contributed by atoms with E-state index in [-0.39, 0.29) is 12.0 Å². The quantitative estimate of drug-likeness (QED) is 0.884. The van der Waals surface area contributed by atoms with Gasteiger partial charge in [0, 0.05) is 13.7 Å². The first-order valence-corrected chi connectivity index (χ1v) is 6.67. The van der Waals surface area contributed by atoms with Gasteiger partial charge in [0.1, 0.15) is 6.04 Å². The van der Waals surface area contributed by atoms with Crippen molar-refractivity contribution in [1.82, 2.24) is 4.90 Å². The Morgan fingerprint density at radius 3 is 2.74 bits per heavy atom. The number of benzene rings is 1. The lowest BCUT2D eigenvalue weighted by Gasteiger charge is -2.32. The van der Waals surface area contributed by atoms with Gasteiger partial charge in [-0.15, -0.1) is 0 Å². The van der Waals surface area contributed by atoms with Gasteiger partial charge in [-0.1, -0.05) is 37.3 Å². The van der Waals surface area contributed by atoms with E-state index in [9.17, 15) is 9.90 Å². The summed E-state index contributed by atoms with van der Waals surface area (Å²) >= 11 is 0. The van der Waals surface area contributed by atoms with Crippen molar-refractivity contribution < 1.29 is 14.6 Å². The fourth-order valence-corrected chi connectivity index (χ4v) is 2.93. The molecule has 0 spiro atoms. The van der Waals surface area contributed by atoms with Crippen LogP contribution in [0.1, 0.15) is 24.9 Å². The second kappa shape index (κ2) is 6.17. The van der Waals surface area contributed by atoms with E-state index in [1.54, 1.807) is 7.11 Å². The molecule has 1 N–H and O–H groups in total. The van der Waals surface area contributed by atoms with Gasteiger partial charge in [0.2, 0.25) is 0 Å². The maximum absolute atomic E-state index is 11.5. The highest BCUT2D eigenvalue weighted by molar-refractivity contribution is 5.74. The molecular formula is C15H21NO3. The number of carboxylic acid groups (broad SMARTS) is 1. The highest BCUT2D eigenvalue weighted by Crippen LogP contribution is 2.33. The maximum atomic E-state index is 11.5. The van der Waals surface area contributed by atoms with Crippen LogP contribution in [0.15, 0.2) is 30.3 Å². The molecule has 1 fully saturated rings. The molecule has 1 aliphatic heterocycles. The number of rotatable bonds is 5. The van der Waals surface area contributed by atoms with Crippen LogP contribution in [-0.2, 0) is 9.53 Å². The number of carboxylic acids is 1. The average Bonchev–Trinajstić information content (AvgIpc) is 2.79. The maximum Gasteiger partial charge on any atom is 0.321 e. The van der Waals surface area contributed by atoms with Crippen molar-refractivity contribution in [1.29, 1.82) is 0 Å². The molecule has 3 atom stereocenters. The Morgan fingerprint density at radius 1 is 1.47 bits per heavy atom. The summed E-state index contributed by atoms with van der Waals surface area (Å²) in [6, 6.07) is 9.59. The number of hydrogen-bond donors (Lipinski definition) is 1. The van der Waals surface area contributed by atoms with Crippen LogP contribution < -0.4 is 0 Å². The minimum absolute atomic E-state index is 0.0113. The van der Waals surface area contributed by atoms with Crippen LogP contribution >= 0.6 is 0 Å². The van der Waals surface area contributed by atoms with E-state index in [4.69, 9.17) is 4.74 Å². The summed E-state index contributed by atoms with van der Waals surface area (Å²) < 4.78 is 5.30. The molecule has 1 aromatic carbocycles. The van der Waals surface area contributed by atoms with Crippen LogP contribution in [0.4, 0.5) is 0 Å². The summed E-state index contributed by atoms with van der Waals surface area (Å²) in [7, 11) is 1.66. The Kier molecular flexibility index (Phi) is 4.56. The van der Waals surface area contributed by atoms with E-state index < -0.39 is 12.0 Å². The molecule has 4 nitrogen and oxygen atoms in total. The van der Waals surface area contributed by atoms with Gasteiger partial charge in [-0.25, -0.2) is 0 Å². The first kappa shape index (κ1) is 14.0. The molecule has 19 heavy (non-hydrogen) atoms. The van der Waals surface area contributed by atoms with Crippen molar-refractivity contribution in [2.24, 2.45) is 5.92 Å². The Bertz CT molecular complexity index is 421. The molecule has 0 radical (unpaired) electrons. The number of carbonyl (C=O) groups is 1. The fraction of sp³-hybridized carbons (Fsp3) is 0.533. The second-order valence-corrected chi connectivity index (χ2v) is 5.17. The van der Waals surface area contributed by atoms with Crippen molar-refractivity contribution in [2.45, 2.75) is 25.4 Å². The molecule has 0 aliphatic carbocycles. The summed E-state index contributed by atoms with van der Waals surface area (Å²) in [5.41, 5.74) is 1.12. The summed E-state index contributed by atoms with van der Waals surface area (Å²) in [6.45, 7) is 3.33. The molecule has 0 aromatic heterocycles. The molecular weight excluding hydrogens is 242 g/mol. The molecule has 1 heterocycles. The van der Waals surface area contributed by atoms with Crippen LogP contribution in [0, 0.1) is 5.92 Å². The van der Waals surface area contributed by atoms with Gasteiger partial charge >= 0.3 is 5.97 Å². The summed E-state index contributed by atoms with van der Waals surface area (Å²) in [6.07, 6.45) is 0.921. The van der Waals surface area contributed by atoms with Gasteiger partial charge in [0.15, 0.2) is 0 Å². The third-order valence-electron chi connectivity index (χ3n) is 3.90. The van der Waals surface area contributed by atoms with E-state index in [1.807, 2.05) is 37.3 Å². The SMILES string of the molecule is COCC(c1ccccc1)N1CCC(C)C1C(=O)O. The van der Waals surface area contributed by atoms with Crippen LogP contribution in [0.3, 0.4) is 0 Å². The van der Waals surface area contributed by atoms with Gasteiger partial charge in [-0.3, -0.25) is 9.69 Å². The average molecular weight is 263 g/mol. The second-order valence-electron chi connectivity index (χ2n) is 5.17. The van der Waals surface area contributed by atoms with Gasteiger partial charge in [0.25, 0.3) is 0 Å². The van der Waals surface area contributed by atoms with Crippen LogP contribution in [0.25, 0.3) is 0 Å². The standard InChI is InChI=1S/C15H21NO3/c1-11-8-9-16(14(11)15(17)18)13(10-19-2)12-6-4-3-5-7-12/h3-7,11,13-14H,8-10H2,1-2H3,(H,17,18). The zero-order valence-corrected chi connectivity index (χ0v) is 11.5. The van der Waals surface area contributed by atoms with Crippen molar-refractivity contribution in [3.63, 3.8) is 0 Å². The number of ether oxygens (including phenoxy) is 1. The normalized spacial score (nSPS) is 25.4. The molecule has 4 heteroatoms. The Morgan fingerprint density at radius 2 is 2.16 bits per heavy atom. The lowest BCUT2D eigenvalue weighted by molar-refractivity contribution is -0.144. The molecule has 2 rings (SSSR count). The molecule has 0 saturated carbocycles. The largest absolute Gasteiger partial charge is 0.480 e. The molecule has 0 bridgehead atoms. The number of aliphatic carboxylic acids is 1. The molecule has 0 amide bonds. The molecule has 1 aliphatic rings. The zero-order valence-electron chi connectivity index (χ0n) is 11.5. The van der Waals surface area contributed by atoms with Crippen LogP contribution in [0.5, 0.6) is 0 Å². The summed E-state index contributed by atoms with van der Waals surface area (Å²) in [5.74, 6) is -0.553. The molecule has 104 valence electrons. The molecule has 3 unspecified atom stereocenters. The van der Waals surface area contributed by atoms with Crippen molar-refractivity contribution >= 4 is 5.97 Å². The Labute approximate surface area is 114 Å².